The van der Waals surface area contributed by atoms with Crippen LogP contribution >= 0.6 is 23.4 Å². The van der Waals surface area contributed by atoms with Crippen molar-refractivity contribution in [1.82, 2.24) is 25.2 Å². The van der Waals surface area contributed by atoms with E-state index in [1.165, 1.54) is 23.0 Å². The minimum absolute atomic E-state index is 0.00416. The van der Waals surface area contributed by atoms with Crippen molar-refractivity contribution in [1.29, 1.82) is 0 Å². The maximum absolute atomic E-state index is 13.5. The van der Waals surface area contributed by atoms with E-state index in [0.717, 1.165) is 22.7 Å². The fraction of sp³-hybridized carbons (Fsp3) is 0.250. The van der Waals surface area contributed by atoms with Gasteiger partial charge in [0.2, 0.25) is 0 Å². The largest absolute Gasteiger partial charge is 0.416 e. The normalized spacial score (nSPS) is 20.2. The first kappa shape index (κ1) is 25.5. The number of hydrogen-bond acceptors (Lipinski definition) is 7. The van der Waals surface area contributed by atoms with Gasteiger partial charge in [-0.2, -0.15) is 13.2 Å². The first-order chi connectivity index (χ1) is 17.7. The van der Waals surface area contributed by atoms with Gasteiger partial charge in [0.1, 0.15) is 5.52 Å². The van der Waals surface area contributed by atoms with Gasteiger partial charge in [-0.25, -0.2) is 9.58 Å². The van der Waals surface area contributed by atoms with Crippen LogP contribution in [0.4, 0.5) is 18.0 Å². The number of carbonyl (C=O) groups is 2. The Morgan fingerprint density at radius 2 is 2.05 bits per heavy atom. The van der Waals surface area contributed by atoms with Crippen LogP contribution in [0.1, 0.15) is 16.7 Å². The van der Waals surface area contributed by atoms with Gasteiger partial charge in [0.15, 0.2) is 0 Å². The maximum Gasteiger partial charge on any atom is 0.416 e. The highest BCUT2D eigenvalue weighted by atomic mass is 35.5. The summed E-state index contributed by atoms with van der Waals surface area (Å²) in [4.78, 5) is 26.4. The molecule has 0 radical (unpaired) electrons. The van der Waals surface area contributed by atoms with Crippen LogP contribution in [0.15, 0.2) is 53.6 Å². The van der Waals surface area contributed by atoms with Crippen LogP contribution in [0.5, 0.6) is 0 Å². The Hall–Kier alpha value is -3.19. The molecule has 1 aromatic heterocycles. The van der Waals surface area contributed by atoms with E-state index in [0.29, 0.717) is 36.4 Å². The Balaban J connectivity index is 1.35. The summed E-state index contributed by atoms with van der Waals surface area (Å²) < 4.78 is 47.1. The third kappa shape index (κ3) is 5.57. The molecule has 2 saturated heterocycles. The van der Waals surface area contributed by atoms with E-state index in [9.17, 15) is 22.8 Å². The molecule has 2 aliphatic rings. The summed E-state index contributed by atoms with van der Waals surface area (Å²) in [6, 6.07) is 8.50. The molecule has 2 aliphatic heterocycles. The zero-order chi connectivity index (χ0) is 26.2. The summed E-state index contributed by atoms with van der Waals surface area (Å²) in [6.45, 7) is 1.60. The molecule has 1 N–H and O–H groups in total. The van der Waals surface area contributed by atoms with Gasteiger partial charge in [-0.15, -0.1) is 5.10 Å². The number of thioether (sulfide) groups is 1. The lowest BCUT2D eigenvalue weighted by Gasteiger charge is -2.21. The molecule has 192 valence electrons. The lowest BCUT2D eigenvalue weighted by molar-refractivity contribution is -0.138. The Morgan fingerprint density at radius 1 is 1.22 bits per heavy atom. The predicted molar refractivity (Wildman–Crippen MR) is 133 cm³/mol. The zero-order valence-electron chi connectivity index (χ0n) is 19.0. The number of ether oxygens (including phenoxy) is 1. The van der Waals surface area contributed by atoms with Crippen molar-refractivity contribution < 1.29 is 27.5 Å². The Bertz CT molecular complexity index is 1430. The van der Waals surface area contributed by atoms with E-state index in [1.54, 1.807) is 30.4 Å². The summed E-state index contributed by atoms with van der Waals surface area (Å²) in [5.74, 6) is -0.450. The summed E-state index contributed by atoms with van der Waals surface area (Å²) in [7, 11) is 0. The number of alkyl halides is 3. The topological polar surface area (TPSA) is 89.3 Å². The lowest BCUT2D eigenvalue weighted by atomic mass is 10.1. The molecule has 2 aromatic carbocycles. The number of benzene rings is 2. The van der Waals surface area contributed by atoms with Crippen molar-refractivity contribution in [3.05, 3.63) is 75.3 Å². The van der Waals surface area contributed by atoms with Gasteiger partial charge in [-0.1, -0.05) is 28.9 Å². The molecule has 1 atom stereocenters. The minimum Gasteiger partial charge on any atom is -0.378 e. The molecule has 5 rings (SSSR count). The number of rotatable bonds is 5. The third-order valence-electron chi connectivity index (χ3n) is 5.77. The first-order valence-corrected chi connectivity index (χ1v) is 12.3. The Morgan fingerprint density at radius 3 is 2.81 bits per heavy atom. The van der Waals surface area contributed by atoms with Gasteiger partial charge in [-0.05, 0) is 59.3 Å². The van der Waals surface area contributed by atoms with Crippen LogP contribution < -0.4 is 5.32 Å². The van der Waals surface area contributed by atoms with E-state index in [4.69, 9.17) is 16.3 Å². The Kier molecular flexibility index (Phi) is 7.08. The van der Waals surface area contributed by atoms with E-state index >= 15 is 0 Å². The monoisotopic (exact) mass is 549 g/mol. The smallest absolute Gasteiger partial charge is 0.378 e. The number of amides is 2. The molecule has 8 nitrogen and oxygen atoms in total. The molecule has 3 heterocycles. The van der Waals surface area contributed by atoms with Gasteiger partial charge in [0.25, 0.3) is 11.1 Å². The molecule has 0 aliphatic carbocycles. The van der Waals surface area contributed by atoms with Gasteiger partial charge in [0, 0.05) is 17.8 Å². The van der Waals surface area contributed by atoms with E-state index in [-0.39, 0.29) is 28.1 Å². The molecule has 13 heteroatoms. The summed E-state index contributed by atoms with van der Waals surface area (Å²) in [5.41, 5.74) is 0.706. The average Bonchev–Trinajstić information content (AvgIpc) is 3.38. The van der Waals surface area contributed by atoms with Gasteiger partial charge < -0.3 is 10.1 Å². The fourth-order valence-corrected chi connectivity index (χ4v) is 4.95. The molecule has 0 spiro atoms. The van der Waals surface area contributed by atoms with Crippen LogP contribution in [0.3, 0.4) is 0 Å². The van der Waals surface area contributed by atoms with Gasteiger partial charge in [-0.3, -0.25) is 9.59 Å². The standard InChI is InChI=1S/C24H19ClF3N5O3S/c25-16-3-2-15(18(11-16)24(26,27)28)12-33-20-4-1-14(9-19(20)30-31-33)10-21-22(34)32(23(35)37-21)7-5-17-13-36-8-6-29-17/h1-5,7,9-11,17,29H,6,8,12-13H2. The highest BCUT2D eigenvalue weighted by Gasteiger charge is 2.35. The summed E-state index contributed by atoms with van der Waals surface area (Å²) in [5, 5.41) is 10.9. The van der Waals surface area contributed by atoms with Crippen LogP contribution in [0, 0.1) is 0 Å². The molecule has 0 bridgehead atoms. The van der Waals surface area contributed by atoms with Crippen LogP contribution in [-0.2, 0) is 22.3 Å². The number of imide groups is 1. The molecule has 0 saturated carbocycles. The molecule has 2 fully saturated rings. The van der Waals surface area contributed by atoms with Crippen molar-refractivity contribution in [3.63, 3.8) is 0 Å². The van der Waals surface area contributed by atoms with Crippen molar-refractivity contribution in [2.45, 2.75) is 18.8 Å². The second-order valence-electron chi connectivity index (χ2n) is 8.32. The third-order valence-corrected chi connectivity index (χ3v) is 6.89. The van der Waals surface area contributed by atoms with Crippen molar-refractivity contribution in [2.24, 2.45) is 0 Å². The molecule has 3 aromatic rings. The van der Waals surface area contributed by atoms with Crippen LogP contribution in [0.25, 0.3) is 17.1 Å². The molecular formula is C24H19ClF3N5O3S. The molecule has 2 amide bonds. The van der Waals surface area contributed by atoms with Crippen LogP contribution in [0.2, 0.25) is 5.02 Å². The predicted octanol–water partition coefficient (Wildman–Crippen LogP) is 4.69. The Labute approximate surface area is 218 Å². The highest BCUT2D eigenvalue weighted by Crippen LogP contribution is 2.35. The zero-order valence-corrected chi connectivity index (χ0v) is 20.6. The number of nitrogens with zero attached hydrogens (tertiary/aromatic N) is 4. The second-order valence-corrected chi connectivity index (χ2v) is 9.75. The van der Waals surface area contributed by atoms with Crippen molar-refractivity contribution >= 4 is 51.6 Å². The van der Waals surface area contributed by atoms with Crippen molar-refractivity contribution in [2.75, 3.05) is 19.8 Å². The summed E-state index contributed by atoms with van der Waals surface area (Å²) in [6.07, 6.45) is 0.169. The second kappa shape index (κ2) is 10.3. The lowest BCUT2D eigenvalue weighted by Crippen LogP contribution is -2.40. The summed E-state index contributed by atoms with van der Waals surface area (Å²) >= 11 is 6.58. The number of aromatic nitrogens is 3. The molecular weight excluding hydrogens is 531 g/mol. The highest BCUT2D eigenvalue weighted by molar-refractivity contribution is 8.18. The quantitative estimate of drug-likeness (QED) is 0.462. The van der Waals surface area contributed by atoms with Crippen LogP contribution in [-0.4, -0.2) is 56.8 Å². The number of carbonyl (C=O) groups excluding carboxylic acids is 2. The van der Waals surface area contributed by atoms with Crippen molar-refractivity contribution in [3.8, 4) is 0 Å². The van der Waals surface area contributed by atoms with E-state index in [2.05, 4.69) is 15.6 Å². The number of hydrogen-bond donors (Lipinski definition) is 1. The number of nitrogens with one attached hydrogen (secondary N) is 1. The number of morpholine rings is 1. The number of halogens is 4. The van der Waals surface area contributed by atoms with E-state index < -0.39 is 22.9 Å². The van der Waals surface area contributed by atoms with Gasteiger partial charge >= 0.3 is 6.18 Å². The van der Waals surface area contributed by atoms with E-state index in [1.807, 2.05) is 0 Å². The molecule has 1 unspecified atom stereocenters. The average molecular weight is 550 g/mol. The maximum atomic E-state index is 13.5. The van der Waals surface area contributed by atoms with Gasteiger partial charge in [0.05, 0.1) is 41.8 Å². The fourth-order valence-electron chi connectivity index (χ4n) is 3.97. The SMILES string of the molecule is O=C1SC(=Cc2ccc3c(c2)nnn3Cc2ccc(Cl)cc2C(F)(F)F)C(=O)N1C=CC1COCCN1. The number of fused-ring (bicyclic) bond motifs is 1. The first-order valence-electron chi connectivity index (χ1n) is 11.1. The minimum atomic E-state index is -4.57. The molecule has 37 heavy (non-hydrogen) atoms.